The van der Waals surface area contributed by atoms with E-state index < -0.39 is 0 Å². The minimum Gasteiger partial charge on any atom is -0.332 e. The van der Waals surface area contributed by atoms with Gasteiger partial charge in [0.15, 0.2) is 0 Å². The quantitative estimate of drug-likeness (QED) is 0.705. The lowest BCUT2D eigenvalue weighted by Crippen LogP contribution is -2.27. The van der Waals surface area contributed by atoms with Gasteiger partial charge in [-0.25, -0.2) is 0 Å². The lowest BCUT2D eigenvalue weighted by Gasteiger charge is -2.18. The van der Waals surface area contributed by atoms with Gasteiger partial charge in [0.2, 0.25) is 0 Å². The van der Waals surface area contributed by atoms with Crippen molar-refractivity contribution in [2.75, 3.05) is 7.05 Å². The molecule has 0 N–H and O–H groups in total. The van der Waals surface area contributed by atoms with Crippen molar-refractivity contribution in [3.05, 3.63) is 35.9 Å². The summed E-state index contributed by atoms with van der Waals surface area (Å²) in [5.41, 5.74) is 1.24. The number of nitrogens with zero attached hydrogens (tertiary/aromatic N) is 1. The molecule has 3 heteroatoms. The van der Waals surface area contributed by atoms with Gasteiger partial charge in [-0.2, -0.15) is 0 Å². The van der Waals surface area contributed by atoms with Gasteiger partial charge >= 0.3 is 0 Å². The van der Waals surface area contributed by atoms with E-state index in [1.54, 1.807) is 0 Å². The van der Waals surface area contributed by atoms with Crippen molar-refractivity contribution in [3.63, 3.8) is 0 Å². The molecule has 0 unspecified atom stereocenters. The van der Waals surface area contributed by atoms with E-state index in [0.29, 0.717) is 0 Å². The third-order valence-corrected chi connectivity index (χ3v) is 4.10. The second-order valence-corrected chi connectivity index (χ2v) is 4.66. The van der Waals surface area contributed by atoms with Crippen LogP contribution in [0.15, 0.2) is 30.3 Å². The Bertz CT molecular complexity index is 338. The minimum atomic E-state index is 0.173. The number of rotatable bonds is 1. The van der Waals surface area contributed by atoms with E-state index in [1.165, 1.54) is 17.3 Å². The molecule has 1 fully saturated rings. The predicted molar refractivity (Wildman–Crippen MR) is 59.4 cm³/mol. The molecule has 0 saturated carbocycles. The first-order valence-electron chi connectivity index (χ1n) is 4.68. The van der Waals surface area contributed by atoms with Gasteiger partial charge in [-0.15, -0.1) is 0 Å². The number of amides is 1. The zero-order valence-electron chi connectivity index (χ0n) is 8.31. The molecule has 0 aliphatic carbocycles. The predicted octanol–water partition coefficient (Wildman–Crippen LogP) is 2.91. The SMILES string of the molecule is C[C@H]1[C@H](c2ccccc2)SC(=O)N1C. The highest BCUT2D eigenvalue weighted by Crippen LogP contribution is 2.41. The monoisotopic (exact) mass is 207 g/mol. The molecule has 0 radical (unpaired) electrons. The van der Waals surface area contributed by atoms with Gasteiger partial charge in [-0.1, -0.05) is 42.1 Å². The van der Waals surface area contributed by atoms with Crippen LogP contribution in [0.25, 0.3) is 0 Å². The molecular formula is C11H13NOS. The molecule has 2 rings (SSSR count). The molecule has 2 nitrogen and oxygen atoms in total. The Labute approximate surface area is 88.3 Å². The van der Waals surface area contributed by atoms with Crippen LogP contribution >= 0.6 is 11.8 Å². The number of benzene rings is 1. The third kappa shape index (κ3) is 1.52. The highest BCUT2D eigenvalue weighted by molar-refractivity contribution is 8.14. The Morgan fingerprint density at radius 2 is 1.93 bits per heavy atom. The van der Waals surface area contributed by atoms with Crippen molar-refractivity contribution < 1.29 is 4.79 Å². The van der Waals surface area contributed by atoms with Gasteiger partial charge in [0.25, 0.3) is 5.24 Å². The van der Waals surface area contributed by atoms with E-state index in [-0.39, 0.29) is 16.5 Å². The summed E-state index contributed by atoms with van der Waals surface area (Å²) in [6.45, 7) is 2.09. The van der Waals surface area contributed by atoms with E-state index >= 15 is 0 Å². The fraction of sp³-hybridized carbons (Fsp3) is 0.364. The summed E-state index contributed by atoms with van der Waals surface area (Å²) in [5.74, 6) is 0. The first-order chi connectivity index (χ1) is 6.70. The van der Waals surface area contributed by atoms with Crippen molar-refractivity contribution in [1.82, 2.24) is 4.90 Å². The van der Waals surface area contributed by atoms with Crippen LogP contribution in [0.2, 0.25) is 0 Å². The number of likely N-dealkylation sites (N-methyl/N-ethyl adjacent to an activating group) is 1. The van der Waals surface area contributed by atoms with Gasteiger partial charge in [0, 0.05) is 13.1 Å². The maximum Gasteiger partial charge on any atom is 0.282 e. The van der Waals surface area contributed by atoms with Crippen LogP contribution in [0.3, 0.4) is 0 Å². The highest BCUT2D eigenvalue weighted by atomic mass is 32.2. The van der Waals surface area contributed by atoms with Crippen molar-refractivity contribution in [2.45, 2.75) is 18.2 Å². The summed E-state index contributed by atoms with van der Waals surface area (Å²) in [4.78, 5) is 13.3. The molecule has 1 aliphatic heterocycles. The van der Waals surface area contributed by atoms with E-state index in [4.69, 9.17) is 0 Å². The summed E-state index contributed by atoms with van der Waals surface area (Å²) in [6.07, 6.45) is 0. The summed E-state index contributed by atoms with van der Waals surface area (Å²) >= 11 is 1.42. The van der Waals surface area contributed by atoms with E-state index in [1.807, 2.05) is 30.1 Å². The average Bonchev–Trinajstić information content (AvgIpc) is 2.47. The van der Waals surface area contributed by atoms with Crippen molar-refractivity contribution in [2.24, 2.45) is 0 Å². The molecule has 1 aromatic carbocycles. The Balaban J connectivity index is 2.26. The van der Waals surface area contributed by atoms with Crippen molar-refractivity contribution in [3.8, 4) is 0 Å². The van der Waals surface area contributed by atoms with Crippen LogP contribution in [0.4, 0.5) is 4.79 Å². The smallest absolute Gasteiger partial charge is 0.282 e. The molecular weight excluding hydrogens is 194 g/mol. The summed E-state index contributed by atoms with van der Waals surface area (Å²) in [5, 5.41) is 0.458. The standard InChI is InChI=1S/C11H13NOS/c1-8-10(14-11(13)12(8)2)9-6-4-3-5-7-9/h3-8,10H,1-2H3/t8-,10+/m0/s1. The number of carbonyl (C=O) groups is 1. The molecule has 14 heavy (non-hydrogen) atoms. The lowest BCUT2D eigenvalue weighted by molar-refractivity contribution is 0.225. The summed E-state index contributed by atoms with van der Waals surface area (Å²) in [7, 11) is 1.86. The fourth-order valence-corrected chi connectivity index (χ4v) is 2.87. The van der Waals surface area contributed by atoms with E-state index in [9.17, 15) is 4.79 Å². The van der Waals surface area contributed by atoms with E-state index in [2.05, 4.69) is 19.1 Å². The van der Waals surface area contributed by atoms with Crippen LogP contribution in [-0.4, -0.2) is 23.2 Å². The molecule has 74 valence electrons. The van der Waals surface area contributed by atoms with Crippen LogP contribution in [-0.2, 0) is 0 Å². The first kappa shape index (κ1) is 9.59. The van der Waals surface area contributed by atoms with Crippen LogP contribution in [0.5, 0.6) is 0 Å². The fourth-order valence-electron chi connectivity index (χ4n) is 1.65. The Hall–Kier alpha value is -0.960. The van der Waals surface area contributed by atoms with Crippen LogP contribution < -0.4 is 0 Å². The second-order valence-electron chi connectivity index (χ2n) is 3.57. The number of hydrogen-bond donors (Lipinski definition) is 0. The van der Waals surface area contributed by atoms with Crippen molar-refractivity contribution in [1.29, 1.82) is 0 Å². The zero-order chi connectivity index (χ0) is 10.1. The molecule has 1 heterocycles. The van der Waals surface area contributed by atoms with Crippen LogP contribution in [0.1, 0.15) is 17.7 Å². The molecule has 1 amide bonds. The van der Waals surface area contributed by atoms with Gasteiger partial charge in [0.1, 0.15) is 0 Å². The molecule has 1 aliphatic rings. The van der Waals surface area contributed by atoms with E-state index in [0.717, 1.165) is 0 Å². The molecule has 2 atom stereocenters. The summed E-state index contributed by atoms with van der Waals surface area (Å²) < 4.78 is 0. The molecule has 0 aromatic heterocycles. The highest BCUT2D eigenvalue weighted by Gasteiger charge is 2.35. The Morgan fingerprint density at radius 3 is 2.43 bits per heavy atom. The first-order valence-corrected chi connectivity index (χ1v) is 5.56. The zero-order valence-corrected chi connectivity index (χ0v) is 9.12. The number of thioether (sulfide) groups is 1. The average molecular weight is 207 g/mol. The Kier molecular flexibility index (Phi) is 2.50. The summed E-state index contributed by atoms with van der Waals surface area (Å²) in [6, 6.07) is 10.5. The van der Waals surface area contributed by atoms with Gasteiger partial charge in [0.05, 0.1) is 5.25 Å². The second kappa shape index (κ2) is 3.65. The van der Waals surface area contributed by atoms with Crippen molar-refractivity contribution >= 4 is 17.0 Å². The van der Waals surface area contributed by atoms with Gasteiger partial charge in [-0.05, 0) is 12.5 Å². The topological polar surface area (TPSA) is 20.3 Å². The van der Waals surface area contributed by atoms with Gasteiger partial charge < -0.3 is 4.90 Å². The normalized spacial score (nSPS) is 27.0. The molecule has 1 saturated heterocycles. The maximum atomic E-state index is 11.5. The lowest BCUT2D eigenvalue weighted by atomic mass is 10.1. The Morgan fingerprint density at radius 1 is 1.29 bits per heavy atom. The van der Waals surface area contributed by atoms with Gasteiger partial charge in [-0.3, -0.25) is 4.79 Å². The largest absolute Gasteiger partial charge is 0.332 e. The third-order valence-electron chi connectivity index (χ3n) is 2.69. The van der Waals surface area contributed by atoms with Crippen LogP contribution in [0, 0.1) is 0 Å². The molecule has 0 spiro atoms. The maximum absolute atomic E-state index is 11.5. The number of hydrogen-bond acceptors (Lipinski definition) is 2. The molecule has 0 bridgehead atoms. The molecule has 1 aromatic rings. The number of carbonyl (C=O) groups excluding carboxylic acids is 1. The minimum absolute atomic E-state index is 0.173.